The van der Waals surface area contributed by atoms with Crippen LogP contribution in [0.4, 0.5) is 5.69 Å². The van der Waals surface area contributed by atoms with Gasteiger partial charge >= 0.3 is 0 Å². The Hall–Kier alpha value is -4.71. The summed E-state index contributed by atoms with van der Waals surface area (Å²) >= 11 is 0. The lowest BCUT2D eigenvalue weighted by molar-refractivity contribution is 0.102. The van der Waals surface area contributed by atoms with Crippen molar-refractivity contribution >= 4 is 22.5 Å². The van der Waals surface area contributed by atoms with Gasteiger partial charge < -0.3 is 14.6 Å². The van der Waals surface area contributed by atoms with Crippen molar-refractivity contribution in [2.24, 2.45) is 7.05 Å². The summed E-state index contributed by atoms with van der Waals surface area (Å²) in [6.07, 6.45) is 1.78. The topological polar surface area (TPSA) is 73.2 Å². The summed E-state index contributed by atoms with van der Waals surface area (Å²) in [5, 5.41) is 3.83. The summed E-state index contributed by atoms with van der Waals surface area (Å²) in [6, 6.07) is 25.8. The van der Waals surface area contributed by atoms with Crippen molar-refractivity contribution < 1.29 is 9.53 Å². The van der Waals surface area contributed by atoms with E-state index in [4.69, 9.17) is 4.74 Å². The average molecular weight is 476 g/mol. The first-order valence-electron chi connectivity index (χ1n) is 11.6. The van der Waals surface area contributed by atoms with E-state index in [1.165, 1.54) is 0 Å². The number of aryl methyl sites for hydroxylation is 3. The van der Waals surface area contributed by atoms with Crippen molar-refractivity contribution in [3.05, 3.63) is 118 Å². The van der Waals surface area contributed by atoms with Gasteiger partial charge in [-0.15, -0.1) is 0 Å². The van der Waals surface area contributed by atoms with Gasteiger partial charge in [-0.3, -0.25) is 14.6 Å². The molecule has 0 unspecified atom stereocenters. The number of hydrogen-bond donors (Lipinski definition) is 1. The van der Waals surface area contributed by atoms with Crippen LogP contribution in [0.1, 0.15) is 21.6 Å². The highest BCUT2D eigenvalue weighted by molar-refractivity contribution is 6.05. The number of fused-ring (bicyclic) bond motifs is 1. The average Bonchev–Trinajstić information content (AvgIpc) is 2.88. The molecule has 0 saturated carbocycles. The van der Waals surface area contributed by atoms with Crippen LogP contribution in [0.15, 0.2) is 95.9 Å². The third kappa shape index (κ3) is 4.61. The molecule has 0 atom stereocenters. The molecule has 0 aliphatic carbocycles. The van der Waals surface area contributed by atoms with Gasteiger partial charge in [-0.1, -0.05) is 30.3 Å². The second-order valence-electron chi connectivity index (χ2n) is 8.73. The molecule has 36 heavy (non-hydrogen) atoms. The third-order valence-corrected chi connectivity index (χ3v) is 6.11. The largest absolute Gasteiger partial charge is 0.457 e. The molecule has 178 valence electrons. The normalized spacial score (nSPS) is 10.9. The summed E-state index contributed by atoms with van der Waals surface area (Å²) in [6.45, 7) is 3.85. The summed E-state index contributed by atoms with van der Waals surface area (Å²) in [5.74, 6) is 0.997. The zero-order chi connectivity index (χ0) is 25.2. The molecular weight excluding hydrogens is 450 g/mol. The summed E-state index contributed by atoms with van der Waals surface area (Å²) in [5.41, 5.74) is 4.89. The molecule has 0 radical (unpaired) electrons. The summed E-state index contributed by atoms with van der Waals surface area (Å²) in [7, 11) is 1.76. The molecule has 2 aromatic heterocycles. The van der Waals surface area contributed by atoms with E-state index in [2.05, 4.69) is 10.3 Å². The number of amides is 1. The van der Waals surface area contributed by atoms with Crippen molar-refractivity contribution in [3.63, 3.8) is 0 Å². The number of para-hydroxylation sites is 1. The highest BCUT2D eigenvalue weighted by Crippen LogP contribution is 2.28. The SMILES string of the molecule is Cc1cc2c(cn1)cc(-c1cc(NC(=O)c3cccc(Oc4ccccc4)c3)ccc1C)c(=O)n2C. The molecular formula is C30H25N3O3. The number of ether oxygens (including phenoxy) is 1. The van der Waals surface area contributed by atoms with Gasteiger partial charge in [-0.25, -0.2) is 0 Å². The second kappa shape index (κ2) is 9.50. The maximum Gasteiger partial charge on any atom is 0.258 e. The van der Waals surface area contributed by atoms with Gasteiger partial charge in [0.05, 0.1) is 5.52 Å². The number of nitrogens with one attached hydrogen (secondary N) is 1. The molecule has 0 bridgehead atoms. The van der Waals surface area contributed by atoms with Gasteiger partial charge in [0, 0.05) is 41.1 Å². The Morgan fingerprint density at radius 1 is 0.861 bits per heavy atom. The van der Waals surface area contributed by atoms with Gasteiger partial charge in [0.25, 0.3) is 11.5 Å². The van der Waals surface area contributed by atoms with Gasteiger partial charge in [-0.05, 0) is 79.6 Å². The molecule has 0 spiro atoms. The van der Waals surface area contributed by atoms with Crippen LogP contribution in [-0.4, -0.2) is 15.5 Å². The molecule has 0 saturated heterocycles. The zero-order valence-corrected chi connectivity index (χ0v) is 20.3. The van der Waals surface area contributed by atoms with E-state index in [1.807, 2.05) is 74.5 Å². The summed E-state index contributed by atoms with van der Waals surface area (Å²) in [4.78, 5) is 30.6. The van der Waals surface area contributed by atoms with Crippen molar-refractivity contribution in [2.75, 3.05) is 5.32 Å². The first-order valence-corrected chi connectivity index (χ1v) is 11.6. The van der Waals surface area contributed by atoms with Crippen LogP contribution in [0, 0.1) is 13.8 Å². The summed E-state index contributed by atoms with van der Waals surface area (Å²) < 4.78 is 7.50. The fraction of sp³-hybridized carbons (Fsp3) is 0.100. The number of anilines is 1. The Morgan fingerprint density at radius 3 is 2.44 bits per heavy atom. The van der Waals surface area contributed by atoms with Crippen LogP contribution < -0.4 is 15.6 Å². The van der Waals surface area contributed by atoms with E-state index in [-0.39, 0.29) is 11.5 Å². The van der Waals surface area contributed by atoms with Gasteiger partial charge in [0.2, 0.25) is 0 Å². The second-order valence-corrected chi connectivity index (χ2v) is 8.73. The van der Waals surface area contributed by atoms with E-state index in [0.717, 1.165) is 27.7 Å². The van der Waals surface area contributed by atoms with Crippen LogP contribution >= 0.6 is 0 Å². The number of carbonyl (C=O) groups is 1. The Bertz CT molecular complexity index is 1660. The number of hydrogen-bond acceptors (Lipinski definition) is 4. The fourth-order valence-electron chi connectivity index (χ4n) is 4.18. The standard InChI is InChI=1S/C30H25N3O3/c1-19-12-13-23(17-26(19)27-16-22-18-31-20(2)14-28(22)33(3)30(27)35)32-29(34)21-8-7-11-25(15-21)36-24-9-5-4-6-10-24/h4-18H,1-3H3,(H,32,34). The Kier molecular flexibility index (Phi) is 6.09. The van der Waals surface area contributed by atoms with Crippen molar-refractivity contribution in [2.45, 2.75) is 13.8 Å². The van der Waals surface area contributed by atoms with Crippen LogP contribution in [0.2, 0.25) is 0 Å². The number of benzene rings is 3. The number of aromatic nitrogens is 2. The Morgan fingerprint density at radius 2 is 1.64 bits per heavy atom. The predicted molar refractivity (Wildman–Crippen MR) is 143 cm³/mol. The zero-order valence-electron chi connectivity index (χ0n) is 20.3. The molecule has 0 aliphatic heterocycles. The molecule has 2 heterocycles. The minimum absolute atomic E-state index is 0.106. The first kappa shape index (κ1) is 23.1. The minimum Gasteiger partial charge on any atom is -0.457 e. The minimum atomic E-state index is -0.269. The lowest BCUT2D eigenvalue weighted by Gasteiger charge is -2.13. The number of nitrogens with zero attached hydrogens (tertiary/aromatic N) is 2. The lowest BCUT2D eigenvalue weighted by atomic mass is 9.99. The highest BCUT2D eigenvalue weighted by Gasteiger charge is 2.14. The predicted octanol–water partition coefficient (Wildman–Crippen LogP) is 6.26. The van der Waals surface area contributed by atoms with Gasteiger partial charge in [-0.2, -0.15) is 0 Å². The quantitative estimate of drug-likeness (QED) is 0.326. The molecule has 3 aromatic carbocycles. The molecule has 6 heteroatoms. The number of pyridine rings is 2. The lowest BCUT2D eigenvalue weighted by Crippen LogP contribution is -2.19. The molecule has 5 rings (SSSR count). The van der Waals surface area contributed by atoms with E-state index in [1.54, 1.807) is 42.1 Å². The van der Waals surface area contributed by atoms with Crippen LogP contribution in [0.5, 0.6) is 11.5 Å². The van der Waals surface area contributed by atoms with E-state index < -0.39 is 0 Å². The molecule has 1 amide bonds. The van der Waals surface area contributed by atoms with Crippen LogP contribution in [0.3, 0.4) is 0 Å². The molecule has 1 N–H and O–H groups in total. The molecule has 0 aliphatic rings. The molecule has 6 nitrogen and oxygen atoms in total. The van der Waals surface area contributed by atoms with Gasteiger partial charge in [0.15, 0.2) is 0 Å². The van der Waals surface area contributed by atoms with E-state index in [0.29, 0.717) is 28.3 Å². The Labute approximate surface area is 208 Å². The highest BCUT2D eigenvalue weighted by atomic mass is 16.5. The first-order chi connectivity index (χ1) is 17.4. The Balaban J connectivity index is 1.44. The van der Waals surface area contributed by atoms with Crippen LogP contribution in [-0.2, 0) is 7.05 Å². The smallest absolute Gasteiger partial charge is 0.258 e. The molecule has 5 aromatic rings. The maximum absolute atomic E-state index is 13.2. The monoisotopic (exact) mass is 475 g/mol. The van der Waals surface area contributed by atoms with Crippen LogP contribution in [0.25, 0.3) is 22.0 Å². The van der Waals surface area contributed by atoms with E-state index >= 15 is 0 Å². The van der Waals surface area contributed by atoms with Gasteiger partial charge in [0.1, 0.15) is 11.5 Å². The van der Waals surface area contributed by atoms with Crippen molar-refractivity contribution in [1.82, 2.24) is 9.55 Å². The fourth-order valence-corrected chi connectivity index (χ4v) is 4.18. The maximum atomic E-state index is 13.2. The van der Waals surface area contributed by atoms with Crippen molar-refractivity contribution in [1.29, 1.82) is 0 Å². The number of rotatable bonds is 5. The molecule has 0 fully saturated rings. The van der Waals surface area contributed by atoms with Crippen molar-refractivity contribution in [3.8, 4) is 22.6 Å². The third-order valence-electron chi connectivity index (χ3n) is 6.11. The van der Waals surface area contributed by atoms with E-state index in [9.17, 15) is 9.59 Å². The number of carbonyl (C=O) groups excluding carboxylic acids is 1.